The average molecular weight is 335 g/mol. The van der Waals surface area contributed by atoms with Crippen molar-refractivity contribution in [2.45, 2.75) is 0 Å². The lowest BCUT2D eigenvalue weighted by Crippen LogP contribution is -2.25. The van der Waals surface area contributed by atoms with Gasteiger partial charge in [0.25, 0.3) is 5.91 Å². The van der Waals surface area contributed by atoms with Crippen LogP contribution in [0, 0.1) is 12.3 Å². The molecule has 0 unspecified atom stereocenters. The van der Waals surface area contributed by atoms with Gasteiger partial charge in [-0.25, -0.2) is 10.0 Å². The Balaban J connectivity index is 1.88. The highest BCUT2D eigenvalue weighted by Gasteiger charge is 2.13. The molecule has 25 heavy (non-hydrogen) atoms. The van der Waals surface area contributed by atoms with Crippen molar-refractivity contribution in [2.24, 2.45) is 0 Å². The summed E-state index contributed by atoms with van der Waals surface area (Å²) in [5.41, 5.74) is 2.98. The number of aromatic amines is 1. The number of hydrogen-bond donors (Lipinski definition) is 1. The molecule has 0 aliphatic heterocycles. The van der Waals surface area contributed by atoms with Crippen molar-refractivity contribution in [1.82, 2.24) is 15.0 Å². The second-order valence-corrected chi connectivity index (χ2v) is 5.32. The van der Waals surface area contributed by atoms with Gasteiger partial charge in [0.05, 0.1) is 18.1 Å². The monoisotopic (exact) mass is 335 g/mol. The van der Waals surface area contributed by atoms with E-state index in [4.69, 9.17) is 16.0 Å². The number of benzene rings is 2. The predicted molar refractivity (Wildman–Crippen MR) is 95.0 cm³/mol. The van der Waals surface area contributed by atoms with Crippen LogP contribution in [0.3, 0.4) is 0 Å². The molecule has 0 aliphatic rings. The molecule has 0 saturated carbocycles. The van der Waals surface area contributed by atoms with E-state index in [1.54, 1.807) is 25.2 Å². The summed E-state index contributed by atoms with van der Waals surface area (Å²) in [5, 5.41) is 1.17. The molecule has 1 N–H and O–H groups in total. The van der Waals surface area contributed by atoms with E-state index in [2.05, 4.69) is 15.9 Å². The fraction of sp³-hybridized carbons (Fsp3) is 0.158. The molecule has 1 aromatic heterocycles. The number of aromatic nitrogens is 2. The maximum absolute atomic E-state index is 12.2. The highest BCUT2D eigenvalue weighted by molar-refractivity contribution is 5.97. The molecule has 0 radical (unpaired) electrons. The summed E-state index contributed by atoms with van der Waals surface area (Å²) in [5.74, 6) is 3.61. The van der Waals surface area contributed by atoms with Crippen molar-refractivity contribution >= 4 is 16.9 Å². The van der Waals surface area contributed by atoms with E-state index < -0.39 is 0 Å². The quantitative estimate of drug-likeness (QED) is 0.575. The van der Waals surface area contributed by atoms with Crippen molar-refractivity contribution in [1.29, 1.82) is 0 Å². The topological polar surface area (TPSA) is 67.4 Å². The molecule has 1 amide bonds. The molecule has 0 spiro atoms. The number of imidazole rings is 1. The Labute approximate surface area is 145 Å². The minimum absolute atomic E-state index is 0.226. The second-order valence-electron chi connectivity index (χ2n) is 5.32. The molecule has 3 rings (SSSR count). The first-order chi connectivity index (χ1) is 12.1. The first-order valence-corrected chi connectivity index (χ1v) is 7.61. The van der Waals surface area contributed by atoms with Gasteiger partial charge >= 0.3 is 0 Å². The molecule has 2 aromatic carbocycles. The first-order valence-electron chi connectivity index (χ1n) is 7.61. The van der Waals surface area contributed by atoms with Crippen LogP contribution in [0.2, 0.25) is 0 Å². The smallest absolute Gasteiger partial charge is 0.277 e. The zero-order valence-electron chi connectivity index (χ0n) is 13.9. The lowest BCUT2D eigenvalue weighted by atomic mass is 10.2. The fourth-order valence-corrected chi connectivity index (χ4v) is 2.38. The van der Waals surface area contributed by atoms with Gasteiger partial charge in [0.1, 0.15) is 18.2 Å². The van der Waals surface area contributed by atoms with E-state index >= 15 is 0 Å². The van der Waals surface area contributed by atoms with Gasteiger partial charge in [0.15, 0.2) is 0 Å². The predicted octanol–water partition coefficient (Wildman–Crippen LogP) is 2.88. The number of hydrogen-bond acceptors (Lipinski definition) is 4. The molecule has 0 bridgehead atoms. The second kappa shape index (κ2) is 7.07. The summed E-state index contributed by atoms with van der Waals surface area (Å²) < 4.78 is 5.36. The Hall–Kier alpha value is -3.30. The van der Waals surface area contributed by atoms with Gasteiger partial charge in [-0.2, -0.15) is 0 Å². The Morgan fingerprint density at radius 1 is 1.28 bits per heavy atom. The number of nitrogens with zero attached hydrogens (tertiary/aromatic N) is 2. The Kier molecular flexibility index (Phi) is 4.68. The van der Waals surface area contributed by atoms with Crippen LogP contribution in [-0.2, 0) is 4.84 Å². The Morgan fingerprint density at radius 3 is 2.72 bits per heavy atom. The van der Waals surface area contributed by atoms with Crippen molar-refractivity contribution in [3.8, 4) is 29.5 Å². The molecule has 1 heterocycles. The number of hydroxylamine groups is 2. The average Bonchev–Trinajstić information content (AvgIpc) is 3.08. The maximum Gasteiger partial charge on any atom is 0.277 e. The number of nitrogens with one attached hydrogen (secondary N) is 1. The van der Waals surface area contributed by atoms with E-state index in [1.165, 1.54) is 12.2 Å². The van der Waals surface area contributed by atoms with Crippen LogP contribution in [0.4, 0.5) is 0 Å². The van der Waals surface area contributed by atoms with Gasteiger partial charge in [0, 0.05) is 18.2 Å². The zero-order chi connectivity index (χ0) is 17.8. The number of ether oxygens (including phenoxy) is 1. The molecule has 0 saturated heterocycles. The van der Waals surface area contributed by atoms with Crippen LogP contribution in [0.5, 0.6) is 5.75 Å². The Morgan fingerprint density at radius 2 is 2.04 bits per heavy atom. The van der Waals surface area contributed by atoms with Gasteiger partial charge in [-0.05, 0) is 42.5 Å². The third-order valence-electron chi connectivity index (χ3n) is 3.74. The SMILES string of the molecule is C#CCOc1ccc(-c2nc3ccc(C(=O)N(C)OC)cc3[nH]2)cc1. The summed E-state index contributed by atoms with van der Waals surface area (Å²) in [6.07, 6.45) is 5.18. The van der Waals surface area contributed by atoms with Crippen molar-refractivity contribution < 1.29 is 14.4 Å². The van der Waals surface area contributed by atoms with E-state index in [0.717, 1.165) is 16.6 Å². The number of fused-ring (bicyclic) bond motifs is 1. The molecule has 0 aliphatic carbocycles. The number of amides is 1. The molecule has 6 heteroatoms. The van der Waals surface area contributed by atoms with Gasteiger partial charge in [-0.15, -0.1) is 6.42 Å². The number of carbonyl (C=O) groups is 1. The van der Waals surface area contributed by atoms with Gasteiger partial charge < -0.3 is 9.72 Å². The fourth-order valence-electron chi connectivity index (χ4n) is 2.38. The van der Waals surface area contributed by atoms with Crippen LogP contribution in [0.25, 0.3) is 22.4 Å². The van der Waals surface area contributed by atoms with Gasteiger partial charge in [-0.1, -0.05) is 5.92 Å². The molecule has 3 aromatic rings. The van der Waals surface area contributed by atoms with Gasteiger partial charge in [-0.3, -0.25) is 9.63 Å². The molecule has 126 valence electrons. The molecule has 0 atom stereocenters. The van der Waals surface area contributed by atoms with Crippen molar-refractivity contribution in [3.05, 3.63) is 48.0 Å². The van der Waals surface area contributed by atoms with E-state index in [9.17, 15) is 4.79 Å². The lowest BCUT2D eigenvalue weighted by Gasteiger charge is -2.13. The summed E-state index contributed by atoms with van der Waals surface area (Å²) in [6.45, 7) is 0.233. The summed E-state index contributed by atoms with van der Waals surface area (Å²) in [7, 11) is 3.01. The summed E-state index contributed by atoms with van der Waals surface area (Å²) in [6, 6.07) is 12.7. The van der Waals surface area contributed by atoms with Crippen LogP contribution in [0.15, 0.2) is 42.5 Å². The number of H-pyrrole nitrogens is 1. The number of terminal acetylenes is 1. The van der Waals surface area contributed by atoms with Crippen LogP contribution < -0.4 is 4.74 Å². The summed E-state index contributed by atoms with van der Waals surface area (Å²) in [4.78, 5) is 24.9. The first kappa shape index (κ1) is 16.6. The van der Waals surface area contributed by atoms with E-state index in [-0.39, 0.29) is 12.5 Å². The molecule has 6 nitrogen and oxygen atoms in total. The van der Waals surface area contributed by atoms with E-state index in [0.29, 0.717) is 17.1 Å². The van der Waals surface area contributed by atoms with Gasteiger partial charge in [0.2, 0.25) is 0 Å². The van der Waals surface area contributed by atoms with Crippen LogP contribution in [-0.4, -0.2) is 41.7 Å². The number of rotatable bonds is 5. The molecular formula is C19H17N3O3. The van der Waals surface area contributed by atoms with E-state index in [1.807, 2.05) is 24.3 Å². The largest absolute Gasteiger partial charge is 0.481 e. The third kappa shape index (κ3) is 3.47. The zero-order valence-corrected chi connectivity index (χ0v) is 13.9. The van der Waals surface area contributed by atoms with Crippen molar-refractivity contribution in [2.75, 3.05) is 20.8 Å². The third-order valence-corrected chi connectivity index (χ3v) is 3.74. The maximum atomic E-state index is 12.2. The highest BCUT2D eigenvalue weighted by atomic mass is 16.7. The lowest BCUT2D eigenvalue weighted by molar-refractivity contribution is -0.0756. The number of carbonyl (C=O) groups excluding carboxylic acids is 1. The molecule has 0 fully saturated rings. The van der Waals surface area contributed by atoms with Crippen LogP contribution >= 0.6 is 0 Å². The normalized spacial score (nSPS) is 10.4. The molecular weight excluding hydrogens is 318 g/mol. The standard InChI is InChI=1S/C19H17N3O3/c1-4-11-25-15-8-5-13(6-9-15)18-20-16-10-7-14(12-17(16)21-18)19(23)22(2)24-3/h1,5-10,12H,11H2,2-3H3,(H,20,21). The van der Waals surface area contributed by atoms with Crippen molar-refractivity contribution in [3.63, 3.8) is 0 Å². The minimum atomic E-state index is -0.226. The minimum Gasteiger partial charge on any atom is -0.481 e. The Bertz CT molecular complexity index is 939. The summed E-state index contributed by atoms with van der Waals surface area (Å²) >= 11 is 0. The highest BCUT2D eigenvalue weighted by Crippen LogP contribution is 2.23. The van der Waals surface area contributed by atoms with Crippen LogP contribution in [0.1, 0.15) is 10.4 Å².